The molecule has 0 atom stereocenters. The minimum atomic E-state index is -1.85. The molecule has 0 radical (unpaired) electrons. The first-order chi connectivity index (χ1) is 26.7. The first-order valence-corrected chi connectivity index (χ1v) is 26.8. The largest absolute Gasteiger partial charge is 0.543 e. The van der Waals surface area contributed by atoms with E-state index in [0.29, 0.717) is 12.3 Å². The number of fused-ring (bicyclic) bond motifs is 2. The average Bonchev–Trinajstić information content (AvgIpc) is 3.15. The number of aromatic nitrogens is 2. The molecular formula is C46H70N4O5Si2. The van der Waals surface area contributed by atoms with Crippen molar-refractivity contribution in [2.45, 2.75) is 124 Å². The van der Waals surface area contributed by atoms with Gasteiger partial charge in [0.1, 0.15) is 17.2 Å². The van der Waals surface area contributed by atoms with Crippen molar-refractivity contribution in [3.63, 3.8) is 0 Å². The van der Waals surface area contributed by atoms with Crippen molar-refractivity contribution in [1.29, 1.82) is 0 Å². The number of hydrogen-bond donors (Lipinski definition) is 1. The van der Waals surface area contributed by atoms with Gasteiger partial charge in [0, 0.05) is 17.3 Å². The van der Waals surface area contributed by atoms with Crippen LogP contribution in [0.25, 0.3) is 21.8 Å². The van der Waals surface area contributed by atoms with Gasteiger partial charge in [0.15, 0.2) is 6.29 Å². The second-order valence-electron chi connectivity index (χ2n) is 18.8. The SMILES string of the molecule is CC(C)(C)[Si](C)(C)Oc1ccc2nc(C=O)ccc2c1.CC1CCNCC1.CCOC(=O)C1CCN(Cc2ccc3cc(O[Si](C)(C)C(C)(C)C)ccc3n2)CC1. The van der Waals surface area contributed by atoms with E-state index in [0.717, 1.165) is 83.7 Å². The van der Waals surface area contributed by atoms with Gasteiger partial charge in [-0.15, -0.1) is 0 Å². The Hall–Kier alpha value is -3.65. The average molecular weight is 815 g/mol. The van der Waals surface area contributed by atoms with Crippen molar-refractivity contribution in [1.82, 2.24) is 20.2 Å². The molecular weight excluding hydrogens is 745 g/mol. The van der Waals surface area contributed by atoms with Crippen molar-refractivity contribution in [2.75, 3.05) is 32.8 Å². The van der Waals surface area contributed by atoms with Crippen LogP contribution in [0.1, 0.15) is 97.3 Å². The van der Waals surface area contributed by atoms with Crippen LogP contribution in [0.4, 0.5) is 0 Å². The number of nitrogens with one attached hydrogen (secondary N) is 1. The molecule has 57 heavy (non-hydrogen) atoms. The molecule has 2 aromatic heterocycles. The molecule has 2 saturated heterocycles. The number of carbonyl (C=O) groups is 2. The van der Waals surface area contributed by atoms with Crippen LogP contribution >= 0.6 is 0 Å². The van der Waals surface area contributed by atoms with E-state index in [1.54, 1.807) is 6.07 Å². The third kappa shape index (κ3) is 13.4. The topological polar surface area (TPSA) is 103 Å². The fraction of sp³-hybridized carbons (Fsp3) is 0.565. The summed E-state index contributed by atoms with van der Waals surface area (Å²) < 4.78 is 17.9. The van der Waals surface area contributed by atoms with Crippen LogP contribution < -0.4 is 14.2 Å². The highest BCUT2D eigenvalue weighted by molar-refractivity contribution is 6.75. The normalized spacial score (nSPS) is 16.2. The third-order valence-electron chi connectivity index (χ3n) is 12.1. The van der Waals surface area contributed by atoms with Crippen LogP contribution in [0.3, 0.4) is 0 Å². The van der Waals surface area contributed by atoms with Gasteiger partial charge >= 0.3 is 5.97 Å². The Morgan fingerprint density at radius 1 is 0.772 bits per heavy atom. The third-order valence-corrected chi connectivity index (χ3v) is 20.8. The maximum Gasteiger partial charge on any atom is 0.309 e. The van der Waals surface area contributed by atoms with Crippen LogP contribution in [0.2, 0.25) is 36.3 Å². The zero-order valence-corrected chi connectivity index (χ0v) is 39.0. The Kier molecular flexibility index (Phi) is 16.1. The van der Waals surface area contributed by atoms with E-state index >= 15 is 0 Å². The van der Waals surface area contributed by atoms with Gasteiger partial charge in [0.2, 0.25) is 16.6 Å². The van der Waals surface area contributed by atoms with Gasteiger partial charge in [-0.05, 0) is 149 Å². The molecule has 2 fully saturated rings. The van der Waals surface area contributed by atoms with Gasteiger partial charge in [0.25, 0.3) is 0 Å². The number of piperidine rings is 2. The lowest BCUT2D eigenvalue weighted by molar-refractivity contribution is -0.149. The molecule has 6 rings (SSSR count). The molecule has 9 nitrogen and oxygen atoms in total. The number of likely N-dealkylation sites (tertiary alicyclic amines) is 1. The number of esters is 1. The van der Waals surface area contributed by atoms with Crippen LogP contribution in [-0.2, 0) is 16.1 Å². The molecule has 4 aromatic rings. The first kappa shape index (κ1) is 46.0. The van der Waals surface area contributed by atoms with Crippen LogP contribution in [0, 0.1) is 11.8 Å². The lowest BCUT2D eigenvalue weighted by Crippen LogP contribution is -2.43. The monoisotopic (exact) mass is 814 g/mol. The lowest BCUT2D eigenvalue weighted by atomic mass is 9.97. The number of rotatable bonds is 9. The van der Waals surface area contributed by atoms with Gasteiger partial charge in [-0.3, -0.25) is 19.5 Å². The van der Waals surface area contributed by atoms with Gasteiger partial charge < -0.3 is 18.9 Å². The Labute approximate surface area is 344 Å². The molecule has 0 aliphatic carbocycles. The lowest BCUT2D eigenvalue weighted by Gasteiger charge is -2.36. The maximum atomic E-state index is 11.9. The second kappa shape index (κ2) is 19.9. The molecule has 4 heterocycles. The van der Waals surface area contributed by atoms with Crippen LogP contribution in [0.15, 0.2) is 60.7 Å². The Balaban J connectivity index is 0.000000227. The predicted octanol–water partition coefficient (Wildman–Crippen LogP) is 10.8. The second-order valence-corrected chi connectivity index (χ2v) is 28.3. The Bertz CT molecular complexity index is 1920. The summed E-state index contributed by atoms with van der Waals surface area (Å²) in [5, 5.41) is 5.75. The van der Waals surface area contributed by atoms with Crippen molar-refractivity contribution < 1.29 is 23.2 Å². The summed E-state index contributed by atoms with van der Waals surface area (Å²) in [6.45, 7) is 32.2. The van der Waals surface area contributed by atoms with E-state index in [-0.39, 0.29) is 22.0 Å². The number of ether oxygens (including phenoxy) is 1. The minimum absolute atomic E-state index is 0.0447. The van der Waals surface area contributed by atoms with Crippen molar-refractivity contribution in [2.24, 2.45) is 11.8 Å². The molecule has 11 heteroatoms. The number of benzene rings is 2. The summed E-state index contributed by atoms with van der Waals surface area (Å²) in [4.78, 5) is 34.2. The molecule has 0 unspecified atom stereocenters. The fourth-order valence-electron chi connectivity index (χ4n) is 6.22. The molecule has 0 amide bonds. The van der Waals surface area contributed by atoms with Gasteiger partial charge in [-0.1, -0.05) is 60.6 Å². The number of carbonyl (C=O) groups excluding carboxylic acids is 2. The zero-order chi connectivity index (χ0) is 42.0. The van der Waals surface area contributed by atoms with Gasteiger partial charge in [-0.2, -0.15) is 0 Å². The Morgan fingerprint density at radius 3 is 1.74 bits per heavy atom. The highest BCUT2D eigenvalue weighted by Gasteiger charge is 2.40. The highest BCUT2D eigenvalue weighted by atomic mass is 28.4. The molecule has 0 spiro atoms. The molecule has 1 N–H and O–H groups in total. The standard InChI is InChI=1S/C24H36N2O3Si.C16H21NO2Si.C6H13N/c1-7-28-23(27)18-12-14-26(15-13-18)17-20-9-8-19-16-21(10-11-22(19)25-20)29-30(5,6)24(2,3)4;1-16(2,3)20(4,5)19-14-8-9-15-12(10-14)6-7-13(11-18)17-15;1-6-2-4-7-5-3-6/h8-11,16,18H,7,12-15,17H2,1-6H3;6-11H,1-5H3;6-7H,2-5H2,1H3. The van der Waals surface area contributed by atoms with E-state index < -0.39 is 16.6 Å². The Morgan fingerprint density at radius 2 is 1.28 bits per heavy atom. The smallest absolute Gasteiger partial charge is 0.309 e. The molecule has 2 aromatic carbocycles. The molecule has 2 aliphatic rings. The van der Waals surface area contributed by atoms with E-state index in [1.807, 2.05) is 37.3 Å². The summed E-state index contributed by atoms with van der Waals surface area (Å²) >= 11 is 0. The predicted molar refractivity (Wildman–Crippen MR) is 240 cm³/mol. The van der Waals surface area contributed by atoms with Crippen molar-refractivity contribution in [3.8, 4) is 11.5 Å². The van der Waals surface area contributed by atoms with Crippen molar-refractivity contribution >= 4 is 50.7 Å². The summed E-state index contributed by atoms with van der Waals surface area (Å²) in [6.07, 6.45) is 5.24. The van der Waals surface area contributed by atoms with Crippen LogP contribution in [0.5, 0.6) is 11.5 Å². The number of hydrogen-bond acceptors (Lipinski definition) is 9. The molecule has 0 saturated carbocycles. The molecule has 312 valence electrons. The van der Waals surface area contributed by atoms with Gasteiger partial charge in [-0.25, -0.2) is 4.98 Å². The quantitative estimate of drug-likeness (QED) is 0.100. The highest BCUT2D eigenvalue weighted by Crippen LogP contribution is 2.39. The van der Waals surface area contributed by atoms with Gasteiger partial charge in [0.05, 0.1) is 29.3 Å². The van der Waals surface area contributed by atoms with Crippen molar-refractivity contribution in [3.05, 3.63) is 72.1 Å². The maximum absolute atomic E-state index is 11.9. The zero-order valence-electron chi connectivity index (χ0n) is 37.0. The fourth-order valence-corrected chi connectivity index (χ4v) is 8.27. The summed E-state index contributed by atoms with van der Waals surface area (Å²) in [7, 11) is -3.68. The number of pyridine rings is 2. The van der Waals surface area contributed by atoms with E-state index in [2.05, 4.69) is 114 Å². The minimum Gasteiger partial charge on any atom is -0.543 e. The van der Waals surface area contributed by atoms with Crippen LogP contribution in [-0.4, -0.2) is 76.5 Å². The number of aldehydes is 1. The molecule has 0 bridgehead atoms. The summed E-state index contributed by atoms with van der Waals surface area (Å²) in [5.41, 5.74) is 3.33. The summed E-state index contributed by atoms with van der Waals surface area (Å²) in [6, 6.07) is 19.9. The molecule has 2 aliphatic heterocycles. The number of nitrogens with zero attached hydrogens (tertiary/aromatic N) is 3. The van der Waals surface area contributed by atoms with E-state index in [4.69, 9.17) is 18.6 Å². The van der Waals surface area contributed by atoms with E-state index in [9.17, 15) is 9.59 Å². The first-order valence-electron chi connectivity index (χ1n) is 20.9. The van der Waals surface area contributed by atoms with E-state index in [1.165, 1.54) is 25.9 Å². The summed E-state index contributed by atoms with van der Waals surface area (Å²) in [5.74, 6) is 2.79.